The molecule has 78 valence electrons. The van der Waals surface area contributed by atoms with Crippen molar-refractivity contribution in [2.24, 2.45) is 10.8 Å². The van der Waals surface area contributed by atoms with E-state index in [1.807, 2.05) is 19.5 Å². The number of aliphatic imine (C=N–C) groups is 1. The average Bonchev–Trinajstić information content (AvgIpc) is 2.15. The molecule has 0 bridgehead atoms. The van der Waals surface area contributed by atoms with E-state index in [9.17, 15) is 4.79 Å². The van der Waals surface area contributed by atoms with Crippen molar-refractivity contribution in [1.82, 2.24) is 10.3 Å². The lowest BCUT2D eigenvalue weighted by Gasteiger charge is -2.12. The maximum absolute atomic E-state index is 11.0. The van der Waals surface area contributed by atoms with Crippen molar-refractivity contribution < 1.29 is 4.79 Å². The Morgan fingerprint density at radius 1 is 1.57 bits per heavy atom. The van der Waals surface area contributed by atoms with E-state index in [2.05, 4.69) is 11.6 Å². The number of nitrogens with one attached hydrogen (secondary N) is 1. The molecule has 0 aliphatic carbocycles. The number of carbonyl (C=O) groups excluding carboxylic acids is 1. The lowest BCUT2D eigenvalue weighted by atomic mass is 10.4. The van der Waals surface area contributed by atoms with Crippen LogP contribution < -0.4 is 11.3 Å². The van der Waals surface area contributed by atoms with Gasteiger partial charge in [0.05, 0.1) is 0 Å². The number of carbonyl (C=O) groups is 1. The molecule has 0 rings (SSSR count). The highest BCUT2D eigenvalue weighted by molar-refractivity contribution is 6.37. The third-order valence-corrected chi connectivity index (χ3v) is 1.47. The van der Waals surface area contributed by atoms with Crippen LogP contribution in [0.5, 0.6) is 0 Å². The van der Waals surface area contributed by atoms with Gasteiger partial charge in [0, 0.05) is 14.1 Å². The molecule has 0 heterocycles. The van der Waals surface area contributed by atoms with Crippen LogP contribution in [-0.4, -0.2) is 30.6 Å². The highest BCUT2D eigenvalue weighted by atomic mass is 16.2. The van der Waals surface area contributed by atoms with Gasteiger partial charge in [-0.2, -0.15) is 0 Å². The van der Waals surface area contributed by atoms with Crippen LogP contribution in [0, 0.1) is 0 Å². The summed E-state index contributed by atoms with van der Waals surface area (Å²) >= 11 is 0. The van der Waals surface area contributed by atoms with Gasteiger partial charge in [-0.05, 0) is 13.0 Å². The van der Waals surface area contributed by atoms with Gasteiger partial charge in [0.2, 0.25) is 0 Å². The first kappa shape index (κ1) is 12.4. The summed E-state index contributed by atoms with van der Waals surface area (Å²) in [6, 6.07) is 0. The van der Waals surface area contributed by atoms with Crippen molar-refractivity contribution in [3.63, 3.8) is 0 Å². The molecule has 14 heavy (non-hydrogen) atoms. The van der Waals surface area contributed by atoms with E-state index in [-0.39, 0.29) is 0 Å². The molecule has 0 aromatic carbocycles. The predicted molar refractivity (Wildman–Crippen MR) is 57.4 cm³/mol. The fourth-order valence-electron chi connectivity index (χ4n) is 0.719. The Bertz CT molecular complexity index is 279. The van der Waals surface area contributed by atoms with Gasteiger partial charge in [-0.1, -0.05) is 12.7 Å². The van der Waals surface area contributed by atoms with E-state index in [0.717, 1.165) is 0 Å². The van der Waals surface area contributed by atoms with Crippen molar-refractivity contribution >= 4 is 11.6 Å². The number of amides is 1. The molecule has 0 aliphatic heterocycles. The van der Waals surface area contributed by atoms with Crippen LogP contribution in [-0.2, 0) is 4.79 Å². The molecule has 0 aromatic heterocycles. The molecule has 0 radical (unpaired) electrons. The Balaban J connectivity index is 4.82. The van der Waals surface area contributed by atoms with E-state index in [4.69, 9.17) is 5.84 Å². The normalized spacial score (nSPS) is 12.3. The van der Waals surface area contributed by atoms with Crippen LogP contribution in [0.15, 0.2) is 29.5 Å². The Kier molecular flexibility index (Phi) is 5.24. The molecule has 3 N–H and O–H groups in total. The second-order valence-electron chi connectivity index (χ2n) is 2.83. The van der Waals surface area contributed by atoms with Crippen LogP contribution in [0.2, 0.25) is 0 Å². The summed E-state index contributed by atoms with van der Waals surface area (Å²) in [6.45, 7) is 5.14. The fraction of sp³-hybridized carbons (Fsp3) is 0.333. The Hall–Kier alpha value is -1.62. The highest BCUT2D eigenvalue weighted by Gasteiger charge is 2.04. The van der Waals surface area contributed by atoms with E-state index in [1.165, 1.54) is 0 Å². The third-order valence-electron chi connectivity index (χ3n) is 1.47. The van der Waals surface area contributed by atoms with Gasteiger partial charge in [-0.3, -0.25) is 10.2 Å². The second-order valence-corrected chi connectivity index (χ2v) is 2.83. The maximum Gasteiger partial charge on any atom is 0.279 e. The minimum atomic E-state index is -0.401. The quantitative estimate of drug-likeness (QED) is 0.219. The van der Waals surface area contributed by atoms with Gasteiger partial charge in [0.25, 0.3) is 5.91 Å². The summed E-state index contributed by atoms with van der Waals surface area (Å²) in [5, 5.41) is 0. The van der Waals surface area contributed by atoms with Crippen LogP contribution in [0.4, 0.5) is 0 Å². The summed E-state index contributed by atoms with van der Waals surface area (Å²) in [7, 11) is 3.65. The Morgan fingerprint density at radius 2 is 2.14 bits per heavy atom. The van der Waals surface area contributed by atoms with Crippen molar-refractivity contribution in [1.29, 1.82) is 0 Å². The molecule has 0 aromatic rings. The predicted octanol–water partition coefficient (Wildman–Crippen LogP) is 0.0262. The topological polar surface area (TPSA) is 70.7 Å². The number of nitrogens with two attached hydrogens (primary N) is 1. The number of hydrogen-bond acceptors (Lipinski definition) is 4. The molecule has 0 unspecified atom stereocenters. The van der Waals surface area contributed by atoms with Crippen molar-refractivity contribution in [2.75, 3.05) is 14.1 Å². The maximum atomic E-state index is 11.0. The van der Waals surface area contributed by atoms with Crippen molar-refractivity contribution in [2.45, 2.75) is 6.92 Å². The van der Waals surface area contributed by atoms with Crippen LogP contribution >= 0.6 is 0 Å². The largest absolute Gasteiger partial charge is 0.363 e. The summed E-state index contributed by atoms with van der Waals surface area (Å²) < 4.78 is 0. The molecule has 0 saturated heterocycles. The Morgan fingerprint density at radius 3 is 2.50 bits per heavy atom. The van der Waals surface area contributed by atoms with Gasteiger partial charge in [0.1, 0.15) is 11.5 Å². The van der Waals surface area contributed by atoms with E-state index in [1.54, 1.807) is 24.0 Å². The standard InChI is InChI=1S/C9H16N4O/c1-5-6-8(13(3)4)11-7(2)9(14)12-10/h5-6H,1,10H2,2-4H3,(H,12,14)/b8-6+,11-7?. The van der Waals surface area contributed by atoms with E-state index in [0.29, 0.717) is 11.5 Å². The number of hydrogen-bond donors (Lipinski definition) is 2. The highest BCUT2D eigenvalue weighted by Crippen LogP contribution is 2.01. The van der Waals surface area contributed by atoms with Gasteiger partial charge < -0.3 is 4.90 Å². The average molecular weight is 196 g/mol. The number of allylic oxidation sites excluding steroid dienone is 2. The lowest BCUT2D eigenvalue weighted by molar-refractivity contribution is -0.114. The summed E-state index contributed by atoms with van der Waals surface area (Å²) in [5.41, 5.74) is 2.31. The molecule has 0 atom stereocenters. The van der Waals surface area contributed by atoms with Crippen LogP contribution in [0.25, 0.3) is 0 Å². The molecule has 1 amide bonds. The first-order valence-electron chi connectivity index (χ1n) is 4.09. The SMILES string of the molecule is C=C/C=C(\N=C(C)C(=O)NN)N(C)C. The summed E-state index contributed by atoms with van der Waals surface area (Å²) in [6.07, 6.45) is 3.31. The first-order chi connectivity index (χ1) is 6.52. The molecular weight excluding hydrogens is 180 g/mol. The molecule has 5 heteroatoms. The molecular formula is C9H16N4O. The lowest BCUT2D eigenvalue weighted by Crippen LogP contribution is -2.35. The monoisotopic (exact) mass is 196 g/mol. The minimum Gasteiger partial charge on any atom is -0.363 e. The number of rotatable bonds is 4. The second kappa shape index (κ2) is 5.93. The van der Waals surface area contributed by atoms with Gasteiger partial charge in [-0.25, -0.2) is 10.8 Å². The molecule has 0 spiro atoms. The zero-order chi connectivity index (χ0) is 11.1. The van der Waals surface area contributed by atoms with Crippen molar-refractivity contribution in [3.8, 4) is 0 Å². The van der Waals surface area contributed by atoms with Gasteiger partial charge in [0.15, 0.2) is 0 Å². The molecule has 5 nitrogen and oxygen atoms in total. The van der Waals surface area contributed by atoms with Crippen LogP contribution in [0.3, 0.4) is 0 Å². The number of nitrogens with zero attached hydrogens (tertiary/aromatic N) is 2. The molecule has 0 saturated carbocycles. The fourth-order valence-corrected chi connectivity index (χ4v) is 0.719. The van der Waals surface area contributed by atoms with Crippen molar-refractivity contribution in [3.05, 3.63) is 24.6 Å². The molecule has 0 fully saturated rings. The van der Waals surface area contributed by atoms with Crippen LogP contribution in [0.1, 0.15) is 6.92 Å². The summed E-state index contributed by atoms with van der Waals surface area (Å²) in [4.78, 5) is 16.9. The minimum absolute atomic E-state index is 0.300. The van der Waals surface area contributed by atoms with E-state index >= 15 is 0 Å². The Labute approximate surface area is 84.0 Å². The van der Waals surface area contributed by atoms with Gasteiger partial charge >= 0.3 is 0 Å². The number of hydrazine groups is 1. The zero-order valence-corrected chi connectivity index (χ0v) is 8.74. The molecule has 0 aliphatic rings. The van der Waals surface area contributed by atoms with Gasteiger partial charge in [-0.15, -0.1) is 0 Å². The van der Waals surface area contributed by atoms with E-state index < -0.39 is 5.91 Å². The third kappa shape index (κ3) is 3.86. The smallest absolute Gasteiger partial charge is 0.279 e. The first-order valence-corrected chi connectivity index (χ1v) is 4.09. The summed E-state index contributed by atoms with van der Waals surface area (Å²) in [5.74, 6) is 5.20. The zero-order valence-electron chi connectivity index (χ0n) is 8.74.